The summed E-state index contributed by atoms with van der Waals surface area (Å²) in [7, 11) is 0. The molecule has 4 rings (SSSR count). The highest BCUT2D eigenvalue weighted by Gasteiger charge is 2.28. The Hall–Kier alpha value is -2.65. The number of rotatable bonds is 5. The van der Waals surface area contributed by atoms with E-state index in [1.54, 1.807) is 17.5 Å². The number of nitrogens with zero attached hydrogens (tertiary/aromatic N) is 3. The van der Waals surface area contributed by atoms with Crippen LogP contribution in [0.3, 0.4) is 0 Å². The van der Waals surface area contributed by atoms with Gasteiger partial charge in [-0.1, -0.05) is 6.07 Å². The highest BCUT2D eigenvalue weighted by Crippen LogP contribution is 2.30. The Morgan fingerprint density at radius 2 is 2.03 bits per heavy atom. The number of piperidine rings is 1. The summed E-state index contributed by atoms with van der Waals surface area (Å²) in [5.41, 5.74) is 2.20. The van der Waals surface area contributed by atoms with E-state index in [0.29, 0.717) is 31.6 Å². The summed E-state index contributed by atoms with van der Waals surface area (Å²) in [6, 6.07) is 10.1. The number of carbonyl (C=O) groups excluding carboxylic acids is 1. The average molecular weight is 488 g/mol. The Morgan fingerprint density at radius 1 is 1.23 bits per heavy atom. The van der Waals surface area contributed by atoms with E-state index in [0.717, 1.165) is 16.5 Å². The second kappa shape index (κ2) is 9.01. The number of Topliss-reactive ketones (excluding diaryl/α,β-unsaturated/α-hetero) is 1. The van der Waals surface area contributed by atoms with Crippen LogP contribution in [0.15, 0.2) is 52.4 Å². The Balaban J connectivity index is 1.34. The molecule has 1 fully saturated rings. The molecule has 3 aromatic rings. The zero-order valence-electron chi connectivity index (χ0n) is 15.9. The first-order valence-corrected chi connectivity index (χ1v) is 11.2. The number of ketones is 1. The molecule has 0 saturated carbocycles. The molecule has 0 aliphatic carbocycles. The number of amidine groups is 1. The molecule has 1 aromatic carbocycles. The van der Waals surface area contributed by atoms with Crippen molar-refractivity contribution >= 4 is 49.7 Å². The van der Waals surface area contributed by atoms with Crippen molar-refractivity contribution in [3.63, 3.8) is 0 Å². The van der Waals surface area contributed by atoms with Gasteiger partial charge in [-0.25, -0.2) is 9.37 Å². The molecule has 154 valence electrons. The van der Waals surface area contributed by atoms with Gasteiger partial charge < -0.3 is 10.2 Å². The van der Waals surface area contributed by atoms with E-state index in [-0.39, 0.29) is 27.8 Å². The van der Waals surface area contributed by atoms with E-state index in [1.807, 2.05) is 23.6 Å². The number of benzene rings is 1. The lowest BCUT2D eigenvalue weighted by molar-refractivity contribution is -0.117. The predicted octanol–water partition coefficient (Wildman–Crippen LogP) is 4.98. The summed E-state index contributed by atoms with van der Waals surface area (Å²) < 4.78 is 13.6. The number of nitrogens with one attached hydrogen (secondary N) is 2. The first-order valence-electron chi connectivity index (χ1n) is 9.48. The largest absolute Gasteiger partial charge is 0.348 e. The second-order valence-corrected chi connectivity index (χ2v) is 8.68. The first-order chi connectivity index (χ1) is 14.5. The van der Waals surface area contributed by atoms with Gasteiger partial charge in [-0.15, -0.1) is 11.3 Å². The van der Waals surface area contributed by atoms with E-state index < -0.39 is 0 Å². The molecular formula is C21H19BrFN5OS. The number of halogens is 2. The zero-order chi connectivity index (χ0) is 21.1. The molecule has 2 aromatic heterocycles. The predicted molar refractivity (Wildman–Crippen MR) is 121 cm³/mol. The number of hydrogen-bond acceptors (Lipinski definition) is 6. The third kappa shape index (κ3) is 4.57. The van der Waals surface area contributed by atoms with E-state index in [9.17, 15) is 9.18 Å². The Kier molecular flexibility index (Phi) is 6.19. The van der Waals surface area contributed by atoms with Gasteiger partial charge in [-0.2, -0.15) is 0 Å². The van der Waals surface area contributed by atoms with E-state index in [4.69, 9.17) is 5.41 Å². The van der Waals surface area contributed by atoms with Crippen LogP contribution in [0, 0.1) is 17.1 Å². The van der Waals surface area contributed by atoms with Gasteiger partial charge in [0.25, 0.3) is 0 Å². The maximum absolute atomic E-state index is 13.4. The van der Waals surface area contributed by atoms with Crippen molar-refractivity contribution in [2.45, 2.75) is 12.8 Å². The number of thiazole rings is 1. The number of carbonyl (C=O) groups is 1. The van der Waals surface area contributed by atoms with Crippen LogP contribution in [0.5, 0.6) is 0 Å². The third-order valence-electron chi connectivity index (χ3n) is 4.99. The Bertz CT molecular complexity index is 1070. The van der Waals surface area contributed by atoms with Crippen molar-refractivity contribution < 1.29 is 9.18 Å². The van der Waals surface area contributed by atoms with Crippen molar-refractivity contribution in [1.82, 2.24) is 9.97 Å². The van der Waals surface area contributed by atoms with Gasteiger partial charge in [-0.05, 0) is 59.1 Å². The lowest BCUT2D eigenvalue weighted by Crippen LogP contribution is -2.39. The van der Waals surface area contributed by atoms with Crippen molar-refractivity contribution in [2.75, 3.05) is 23.3 Å². The van der Waals surface area contributed by atoms with Crippen molar-refractivity contribution in [2.24, 2.45) is 5.92 Å². The van der Waals surface area contributed by atoms with Crippen LogP contribution in [0.25, 0.3) is 11.4 Å². The van der Waals surface area contributed by atoms with Crippen LogP contribution in [-0.2, 0) is 4.79 Å². The molecule has 0 unspecified atom stereocenters. The lowest BCUT2D eigenvalue weighted by atomic mass is 9.92. The standard InChI is InChI=1S/C21H19BrFN5OS/c22-15-11-14(4-5-16(15)23)26-20(24)19(29)13-6-9-28(10-7-13)21-27-18(12-30-21)17-3-1-2-8-25-17/h1-5,8,11-13H,6-7,9-10H2,(H2,24,26). The van der Waals surface area contributed by atoms with Crippen LogP contribution in [-0.4, -0.2) is 34.7 Å². The fourth-order valence-electron chi connectivity index (χ4n) is 3.36. The first kappa shape index (κ1) is 20.6. The number of pyridine rings is 1. The molecule has 0 bridgehead atoms. The van der Waals surface area contributed by atoms with Crippen molar-refractivity contribution in [3.8, 4) is 11.4 Å². The second-order valence-electron chi connectivity index (χ2n) is 6.98. The van der Waals surface area contributed by atoms with E-state index in [1.165, 1.54) is 18.2 Å². The van der Waals surface area contributed by atoms with Gasteiger partial charge >= 0.3 is 0 Å². The van der Waals surface area contributed by atoms with Gasteiger partial charge in [0.05, 0.1) is 10.2 Å². The monoisotopic (exact) mass is 487 g/mol. The smallest absolute Gasteiger partial charge is 0.200 e. The normalized spacial score (nSPS) is 14.5. The zero-order valence-corrected chi connectivity index (χ0v) is 18.3. The molecular weight excluding hydrogens is 469 g/mol. The summed E-state index contributed by atoms with van der Waals surface area (Å²) in [6.07, 6.45) is 3.07. The molecule has 9 heteroatoms. The summed E-state index contributed by atoms with van der Waals surface area (Å²) in [5.74, 6) is -0.985. The van der Waals surface area contributed by atoms with Gasteiger partial charge in [0.15, 0.2) is 11.0 Å². The van der Waals surface area contributed by atoms with Crippen LogP contribution >= 0.6 is 27.3 Å². The molecule has 1 saturated heterocycles. The molecule has 2 N–H and O–H groups in total. The highest BCUT2D eigenvalue weighted by atomic mass is 79.9. The SMILES string of the molecule is N=C(Nc1ccc(F)c(Br)c1)C(=O)C1CCN(c2nc(-c3ccccn3)cs2)CC1. The minimum Gasteiger partial charge on any atom is -0.348 e. The number of hydrogen-bond donors (Lipinski definition) is 2. The number of anilines is 2. The Morgan fingerprint density at radius 3 is 2.73 bits per heavy atom. The molecule has 6 nitrogen and oxygen atoms in total. The van der Waals surface area contributed by atoms with Gasteiger partial charge in [0.1, 0.15) is 11.5 Å². The van der Waals surface area contributed by atoms with Crippen LogP contribution in [0.4, 0.5) is 15.2 Å². The number of aromatic nitrogens is 2. The van der Waals surface area contributed by atoms with Gasteiger partial charge in [-0.3, -0.25) is 15.2 Å². The molecule has 30 heavy (non-hydrogen) atoms. The summed E-state index contributed by atoms with van der Waals surface area (Å²) in [5, 5.41) is 13.8. The summed E-state index contributed by atoms with van der Waals surface area (Å²) >= 11 is 4.68. The van der Waals surface area contributed by atoms with Crippen molar-refractivity contribution in [3.05, 3.63) is 58.3 Å². The van der Waals surface area contributed by atoms with Gasteiger partial charge in [0, 0.05) is 36.3 Å². The van der Waals surface area contributed by atoms with Crippen LogP contribution < -0.4 is 10.2 Å². The molecule has 3 heterocycles. The molecule has 1 aliphatic rings. The third-order valence-corrected chi connectivity index (χ3v) is 6.50. The minimum absolute atomic E-state index is 0.168. The summed E-state index contributed by atoms with van der Waals surface area (Å²) in [4.78, 5) is 23.9. The van der Waals surface area contributed by atoms with E-state index >= 15 is 0 Å². The maximum Gasteiger partial charge on any atom is 0.200 e. The Labute approximate surface area is 185 Å². The molecule has 0 atom stereocenters. The molecule has 0 spiro atoms. The fourth-order valence-corrected chi connectivity index (χ4v) is 4.61. The van der Waals surface area contributed by atoms with Crippen LogP contribution in [0.1, 0.15) is 12.8 Å². The quantitative estimate of drug-likeness (QED) is 0.391. The fraction of sp³-hybridized carbons (Fsp3) is 0.238. The maximum atomic E-state index is 13.4. The molecule has 0 radical (unpaired) electrons. The van der Waals surface area contributed by atoms with Gasteiger partial charge in [0.2, 0.25) is 5.78 Å². The molecule has 1 aliphatic heterocycles. The van der Waals surface area contributed by atoms with E-state index in [2.05, 4.69) is 36.1 Å². The van der Waals surface area contributed by atoms with Crippen molar-refractivity contribution in [1.29, 1.82) is 5.41 Å². The molecule has 0 amide bonds. The lowest BCUT2D eigenvalue weighted by Gasteiger charge is -2.31. The topological polar surface area (TPSA) is 82.0 Å². The minimum atomic E-state index is -0.390. The average Bonchev–Trinajstić information content (AvgIpc) is 3.27. The van der Waals surface area contributed by atoms with Crippen LogP contribution in [0.2, 0.25) is 0 Å². The highest BCUT2D eigenvalue weighted by molar-refractivity contribution is 9.10. The summed E-state index contributed by atoms with van der Waals surface area (Å²) in [6.45, 7) is 1.42.